The highest BCUT2D eigenvalue weighted by Crippen LogP contribution is 2.26. The van der Waals surface area contributed by atoms with Crippen molar-refractivity contribution in [1.82, 2.24) is 4.98 Å². The van der Waals surface area contributed by atoms with Crippen molar-refractivity contribution in [3.05, 3.63) is 17.8 Å². The van der Waals surface area contributed by atoms with E-state index in [2.05, 4.69) is 23.7 Å². The molecule has 0 saturated carbocycles. The monoisotopic (exact) mass is 191 g/mol. The molecule has 1 aromatic rings. The molecule has 1 aromatic heterocycles. The van der Waals surface area contributed by atoms with E-state index < -0.39 is 0 Å². The molecule has 0 radical (unpaired) electrons. The Hall–Kier alpha value is -1.25. The van der Waals surface area contributed by atoms with Crippen molar-refractivity contribution < 1.29 is 0 Å². The van der Waals surface area contributed by atoms with E-state index in [1.807, 2.05) is 6.07 Å². The SMILES string of the molecule is Cc1cc(N)cnc1N1CCCC1C. The summed E-state index contributed by atoms with van der Waals surface area (Å²) in [5.41, 5.74) is 7.61. The number of nitrogens with two attached hydrogens (primary N) is 1. The maximum atomic E-state index is 5.68. The minimum atomic E-state index is 0.616. The van der Waals surface area contributed by atoms with Crippen LogP contribution < -0.4 is 10.6 Å². The average molecular weight is 191 g/mol. The lowest BCUT2D eigenvalue weighted by Gasteiger charge is -2.24. The second-order valence-corrected chi connectivity index (χ2v) is 4.09. The normalized spacial score (nSPS) is 21.6. The van der Waals surface area contributed by atoms with Gasteiger partial charge in [0, 0.05) is 12.6 Å². The number of pyridine rings is 1. The summed E-state index contributed by atoms with van der Waals surface area (Å²) in [7, 11) is 0. The minimum Gasteiger partial charge on any atom is -0.397 e. The summed E-state index contributed by atoms with van der Waals surface area (Å²) in [6.07, 6.45) is 4.28. The molecule has 3 nitrogen and oxygen atoms in total. The molecule has 2 heterocycles. The zero-order valence-electron chi connectivity index (χ0n) is 8.83. The lowest BCUT2D eigenvalue weighted by atomic mass is 10.2. The van der Waals surface area contributed by atoms with Crippen molar-refractivity contribution in [2.24, 2.45) is 0 Å². The predicted octanol–water partition coefficient (Wildman–Crippen LogP) is 1.96. The second-order valence-electron chi connectivity index (χ2n) is 4.09. The van der Waals surface area contributed by atoms with Crippen LogP contribution in [0.5, 0.6) is 0 Å². The molecule has 0 bridgehead atoms. The van der Waals surface area contributed by atoms with Gasteiger partial charge in [0.25, 0.3) is 0 Å². The third-order valence-corrected chi connectivity index (χ3v) is 2.90. The molecule has 1 aliphatic rings. The molecular formula is C11H17N3. The van der Waals surface area contributed by atoms with Gasteiger partial charge in [-0.2, -0.15) is 0 Å². The summed E-state index contributed by atoms with van der Waals surface area (Å²) in [5.74, 6) is 1.10. The Kier molecular flexibility index (Phi) is 2.32. The van der Waals surface area contributed by atoms with Gasteiger partial charge >= 0.3 is 0 Å². The van der Waals surface area contributed by atoms with E-state index in [9.17, 15) is 0 Å². The Labute approximate surface area is 84.9 Å². The highest BCUT2D eigenvalue weighted by Gasteiger charge is 2.22. The van der Waals surface area contributed by atoms with Crippen molar-refractivity contribution in [1.29, 1.82) is 0 Å². The molecule has 1 fully saturated rings. The second kappa shape index (κ2) is 3.48. The van der Waals surface area contributed by atoms with Crippen LogP contribution in [0.25, 0.3) is 0 Å². The molecule has 2 N–H and O–H groups in total. The Bertz CT molecular complexity index is 335. The fourth-order valence-electron chi connectivity index (χ4n) is 2.14. The third kappa shape index (κ3) is 1.54. The Morgan fingerprint density at radius 2 is 2.36 bits per heavy atom. The van der Waals surface area contributed by atoms with Crippen LogP contribution in [0.1, 0.15) is 25.3 Å². The topological polar surface area (TPSA) is 42.1 Å². The molecule has 1 aliphatic heterocycles. The molecule has 14 heavy (non-hydrogen) atoms. The number of aryl methyl sites for hydroxylation is 1. The van der Waals surface area contributed by atoms with E-state index in [-0.39, 0.29) is 0 Å². The van der Waals surface area contributed by atoms with E-state index >= 15 is 0 Å². The number of nitrogens with zero attached hydrogens (tertiary/aromatic N) is 2. The molecule has 76 valence electrons. The van der Waals surface area contributed by atoms with Gasteiger partial charge in [0.2, 0.25) is 0 Å². The first-order valence-corrected chi connectivity index (χ1v) is 5.17. The Morgan fingerprint density at radius 3 is 2.93 bits per heavy atom. The minimum absolute atomic E-state index is 0.616. The van der Waals surface area contributed by atoms with Crippen LogP contribution >= 0.6 is 0 Å². The number of hydrogen-bond donors (Lipinski definition) is 1. The van der Waals surface area contributed by atoms with Gasteiger partial charge in [-0.05, 0) is 38.3 Å². The van der Waals surface area contributed by atoms with Crippen LogP contribution in [0, 0.1) is 6.92 Å². The number of rotatable bonds is 1. The summed E-state index contributed by atoms with van der Waals surface area (Å²) in [5, 5.41) is 0. The number of hydrogen-bond acceptors (Lipinski definition) is 3. The summed E-state index contributed by atoms with van der Waals surface area (Å²) in [6, 6.07) is 2.61. The first kappa shape index (κ1) is 9.31. The van der Waals surface area contributed by atoms with Gasteiger partial charge in [-0.1, -0.05) is 0 Å². The van der Waals surface area contributed by atoms with Crippen LogP contribution in [-0.4, -0.2) is 17.6 Å². The fourth-order valence-corrected chi connectivity index (χ4v) is 2.14. The molecule has 0 amide bonds. The summed E-state index contributed by atoms with van der Waals surface area (Å²) >= 11 is 0. The van der Waals surface area contributed by atoms with Gasteiger partial charge in [0.05, 0.1) is 11.9 Å². The smallest absolute Gasteiger partial charge is 0.131 e. The number of anilines is 2. The van der Waals surface area contributed by atoms with Gasteiger partial charge in [-0.15, -0.1) is 0 Å². The zero-order valence-corrected chi connectivity index (χ0v) is 8.83. The summed E-state index contributed by atoms with van der Waals surface area (Å²) in [6.45, 7) is 5.45. The molecule has 1 atom stereocenters. The lowest BCUT2D eigenvalue weighted by molar-refractivity contribution is 0.725. The molecule has 0 aromatic carbocycles. The van der Waals surface area contributed by atoms with Crippen molar-refractivity contribution in [3.8, 4) is 0 Å². The van der Waals surface area contributed by atoms with Crippen molar-refractivity contribution in [2.75, 3.05) is 17.2 Å². The van der Waals surface area contributed by atoms with Crippen LogP contribution in [0.3, 0.4) is 0 Å². The lowest BCUT2D eigenvalue weighted by Crippen LogP contribution is -2.27. The van der Waals surface area contributed by atoms with E-state index in [0.29, 0.717) is 6.04 Å². The van der Waals surface area contributed by atoms with Crippen LogP contribution in [0.2, 0.25) is 0 Å². The molecule has 0 spiro atoms. The molecule has 1 unspecified atom stereocenters. The zero-order chi connectivity index (χ0) is 10.1. The van der Waals surface area contributed by atoms with Crippen LogP contribution in [0.4, 0.5) is 11.5 Å². The molecule has 1 saturated heterocycles. The molecule has 3 heteroatoms. The van der Waals surface area contributed by atoms with Gasteiger partial charge < -0.3 is 10.6 Å². The van der Waals surface area contributed by atoms with E-state index in [1.165, 1.54) is 18.4 Å². The highest BCUT2D eigenvalue weighted by molar-refractivity contribution is 5.53. The van der Waals surface area contributed by atoms with Gasteiger partial charge in [-0.25, -0.2) is 4.98 Å². The maximum Gasteiger partial charge on any atom is 0.131 e. The molecular weight excluding hydrogens is 174 g/mol. The van der Waals surface area contributed by atoms with Crippen LogP contribution in [-0.2, 0) is 0 Å². The third-order valence-electron chi connectivity index (χ3n) is 2.90. The van der Waals surface area contributed by atoms with Gasteiger partial charge in [0.15, 0.2) is 0 Å². The van der Waals surface area contributed by atoms with E-state index in [1.54, 1.807) is 6.20 Å². The average Bonchev–Trinajstić information content (AvgIpc) is 2.52. The van der Waals surface area contributed by atoms with Crippen LogP contribution in [0.15, 0.2) is 12.3 Å². The predicted molar refractivity (Wildman–Crippen MR) is 59.4 cm³/mol. The van der Waals surface area contributed by atoms with Crippen molar-refractivity contribution in [2.45, 2.75) is 32.7 Å². The quantitative estimate of drug-likeness (QED) is 0.737. The Morgan fingerprint density at radius 1 is 1.57 bits per heavy atom. The first-order chi connectivity index (χ1) is 6.68. The van der Waals surface area contributed by atoms with Crippen molar-refractivity contribution in [3.63, 3.8) is 0 Å². The fraction of sp³-hybridized carbons (Fsp3) is 0.545. The molecule has 2 rings (SSSR count). The molecule has 0 aliphatic carbocycles. The first-order valence-electron chi connectivity index (χ1n) is 5.17. The van der Waals surface area contributed by atoms with Gasteiger partial charge in [0.1, 0.15) is 5.82 Å². The van der Waals surface area contributed by atoms with E-state index in [4.69, 9.17) is 5.73 Å². The largest absolute Gasteiger partial charge is 0.397 e. The Balaban J connectivity index is 2.31. The maximum absolute atomic E-state index is 5.68. The van der Waals surface area contributed by atoms with E-state index in [0.717, 1.165) is 18.1 Å². The van der Waals surface area contributed by atoms with Crippen molar-refractivity contribution >= 4 is 11.5 Å². The number of aromatic nitrogens is 1. The summed E-state index contributed by atoms with van der Waals surface area (Å²) in [4.78, 5) is 6.78. The highest BCUT2D eigenvalue weighted by atomic mass is 15.2. The van der Waals surface area contributed by atoms with Gasteiger partial charge in [-0.3, -0.25) is 0 Å². The standard InChI is InChI=1S/C11H17N3/c1-8-6-10(12)7-13-11(8)14-5-3-4-9(14)2/h6-7,9H,3-5,12H2,1-2H3. The number of nitrogen functional groups attached to an aromatic ring is 1. The summed E-state index contributed by atoms with van der Waals surface area (Å²) < 4.78 is 0.